The van der Waals surface area contributed by atoms with E-state index in [0.29, 0.717) is 19.0 Å². The SMILES string of the molecule is COCCNc1ccc(NS(=O)(=O)c2cc(C)ccc2OC)nn1. The van der Waals surface area contributed by atoms with Crippen molar-refractivity contribution in [2.75, 3.05) is 37.4 Å². The standard InChI is InChI=1S/C15H20N4O4S/c1-11-4-5-12(23-3)13(10-11)24(20,21)19-15-7-6-14(17-18-15)16-8-9-22-2/h4-7,10H,8-9H2,1-3H3,(H,16,17)(H,18,19). The van der Waals surface area contributed by atoms with Crippen LogP contribution in [0.3, 0.4) is 0 Å². The van der Waals surface area contributed by atoms with E-state index in [9.17, 15) is 8.42 Å². The monoisotopic (exact) mass is 352 g/mol. The van der Waals surface area contributed by atoms with Gasteiger partial charge in [-0.05, 0) is 36.8 Å². The van der Waals surface area contributed by atoms with Crippen molar-refractivity contribution in [1.29, 1.82) is 0 Å². The van der Waals surface area contributed by atoms with Gasteiger partial charge in [0, 0.05) is 13.7 Å². The number of ether oxygens (including phenoxy) is 2. The van der Waals surface area contributed by atoms with Crippen LogP contribution >= 0.6 is 0 Å². The van der Waals surface area contributed by atoms with Crippen molar-refractivity contribution in [3.05, 3.63) is 35.9 Å². The largest absolute Gasteiger partial charge is 0.495 e. The summed E-state index contributed by atoms with van der Waals surface area (Å²) in [6.45, 7) is 2.92. The van der Waals surface area contributed by atoms with Gasteiger partial charge >= 0.3 is 0 Å². The van der Waals surface area contributed by atoms with Gasteiger partial charge in [0.25, 0.3) is 10.0 Å². The van der Waals surface area contributed by atoms with Gasteiger partial charge in [-0.2, -0.15) is 0 Å². The number of rotatable bonds is 8. The molecule has 0 unspecified atom stereocenters. The number of anilines is 2. The van der Waals surface area contributed by atoms with Crippen LogP contribution in [0.25, 0.3) is 0 Å². The van der Waals surface area contributed by atoms with Gasteiger partial charge in [0.05, 0.1) is 13.7 Å². The Labute approximate surface area is 141 Å². The zero-order valence-corrected chi connectivity index (χ0v) is 14.6. The molecular formula is C15H20N4O4S. The van der Waals surface area contributed by atoms with Crippen molar-refractivity contribution in [2.24, 2.45) is 0 Å². The molecule has 130 valence electrons. The summed E-state index contributed by atoms with van der Waals surface area (Å²) >= 11 is 0. The van der Waals surface area contributed by atoms with E-state index in [0.717, 1.165) is 5.56 Å². The molecule has 1 heterocycles. The number of aromatic nitrogens is 2. The Kier molecular flexibility index (Phi) is 5.93. The maximum absolute atomic E-state index is 12.5. The zero-order chi connectivity index (χ0) is 17.6. The average Bonchev–Trinajstić information content (AvgIpc) is 2.56. The molecule has 0 bridgehead atoms. The number of nitrogens with one attached hydrogen (secondary N) is 2. The maximum Gasteiger partial charge on any atom is 0.266 e. The molecule has 0 saturated carbocycles. The van der Waals surface area contributed by atoms with E-state index < -0.39 is 10.0 Å². The van der Waals surface area contributed by atoms with E-state index in [1.807, 2.05) is 0 Å². The van der Waals surface area contributed by atoms with E-state index in [1.54, 1.807) is 32.2 Å². The molecule has 0 aliphatic heterocycles. The fraction of sp³-hybridized carbons (Fsp3) is 0.333. The second-order valence-electron chi connectivity index (χ2n) is 4.98. The molecule has 8 nitrogen and oxygen atoms in total. The number of hydrogen-bond donors (Lipinski definition) is 2. The molecule has 0 fully saturated rings. The number of benzene rings is 1. The van der Waals surface area contributed by atoms with E-state index in [-0.39, 0.29) is 16.5 Å². The molecule has 1 aromatic heterocycles. The summed E-state index contributed by atoms with van der Waals surface area (Å²) in [6.07, 6.45) is 0. The van der Waals surface area contributed by atoms with Crippen molar-refractivity contribution in [2.45, 2.75) is 11.8 Å². The third kappa shape index (κ3) is 4.56. The van der Waals surface area contributed by atoms with Gasteiger partial charge < -0.3 is 14.8 Å². The van der Waals surface area contributed by atoms with Gasteiger partial charge in [0.2, 0.25) is 0 Å². The number of nitrogens with zero attached hydrogens (tertiary/aromatic N) is 2. The first-order chi connectivity index (χ1) is 11.5. The molecule has 0 spiro atoms. The minimum Gasteiger partial charge on any atom is -0.495 e. The molecule has 0 atom stereocenters. The van der Waals surface area contributed by atoms with Crippen LogP contribution < -0.4 is 14.8 Å². The second kappa shape index (κ2) is 7.93. The summed E-state index contributed by atoms with van der Waals surface area (Å²) in [5.74, 6) is 0.915. The predicted octanol–water partition coefficient (Wildman–Crippen LogP) is 1.65. The lowest BCUT2D eigenvalue weighted by Crippen LogP contribution is -2.16. The first kappa shape index (κ1) is 18.0. The highest BCUT2D eigenvalue weighted by Gasteiger charge is 2.20. The summed E-state index contributed by atoms with van der Waals surface area (Å²) in [5, 5.41) is 10.8. The van der Waals surface area contributed by atoms with Gasteiger partial charge in [-0.3, -0.25) is 4.72 Å². The van der Waals surface area contributed by atoms with Crippen LogP contribution in [0, 0.1) is 6.92 Å². The molecule has 0 radical (unpaired) electrons. The van der Waals surface area contributed by atoms with Crippen molar-refractivity contribution in [1.82, 2.24) is 10.2 Å². The molecule has 24 heavy (non-hydrogen) atoms. The molecule has 0 aliphatic carbocycles. The first-order valence-corrected chi connectivity index (χ1v) is 8.68. The number of aryl methyl sites for hydroxylation is 1. The predicted molar refractivity (Wildman–Crippen MR) is 90.9 cm³/mol. The highest BCUT2D eigenvalue weighted by atomic mass is 32.2. The summed E-state index contributed by atoms with van der Waals surface area (Å²) in [5.41, 5.74) is 0.806. The topological polar surface area (TPSA) is 102 Å². The highest BCUT2D eigenvalue weighted by molar-refractivity contribution is 7.92. The van der Waals surface area contributed by atoms with Crippen LogP contribution in [0.15, 0.2) is 35.2 Å². The molecule has 2 rings (SSSR count). The second-order valence-corrected chi connectivity index (χ2v) is 6.63. The maximum atomic E-state index is 12.5. The lowest BCUT2D eigenvalue weighted by atomic mass is 10.2. The molecule has 0 saturated heterocycles. The molecular weight excluding hydrogens is 332 g/mol. The van der Waals surface area contributed by atoms with E-state index >= 15 is 0 Å². The Hall–Kier alpha value is -2.39. The average molecular weight is 352 g/mol. The molecule has 9 heteroatoms. The van der Waals surface area contributed by atoms with Crippen LogP contribution in [-0.2, 0) is 14.8 Å². The number of methoxy groups -OCH3 is 2. The lowest BCUT2D eigenvalue weighted by molar-refractivity contribution is 0.210. The van der Waals surface area contributed by atoms with Gasteiger partial charge in [-0.25, -0.2) is 8.42 Å². The van der Waals surface area contributed by atoms with E-state index in [1.165, 1.54) is 19.2 Å². The van der Waals surface area contributed by atoms with E-state index in [2.05, 4.69) is 20.2 Å². The smallest absolute Gasteiger partial charge is 0.266 e. The Bertz CT molecular complexity index is 779. The van der Waals surface area contributed by atoms with Crippen molar-refractivity contribution >= 4 is 21.7 Å². The van der Waals surface area contributed by atoms with Gasteiger partial charge in [0.15, 0.2) is 5.82 Å². The van der Waals surface area contributed by atoms with Crippen LogP contribution in [-0.4, -0.2) is 46.0 Å². The normalized spacial score (nSPS) is 11.1. The van der Waals surface area contributed by atoms with Crippen LogP contribution in [0.2, 0.25) is 0 Å². The Balaban J connectivity index is 2.16. The van der Waals surface area contributed by atoms with Crippen molar-refractivity contribution in [3.8, 4) is 5.75 Å². The van der Waals surface area contributed by atoms with Gasteiger partial charge in [0.1, 0.15) is 16.5 Å². The van der Waals surface area contributed by atoms with Crippen molar-refractivity contribution in [3.63, 3.8) is 0 Å². The van der Waals surface area contributed by atoms with Crippen LogP contribution in [0.4, 0.5) is 11.6 Å². The summed E-state index contributed by atoms with van der Waals surface area (Å²) in [7, 11) is -0.808. The third-order valence-corrected chi connectivity index (χ3v) is 4.50. The van der Waals surface area contributed by atoms with Gasteiger partial charge in [-0.15, -0.1) is 10.2 Å². The molecule has 2 N–H and O–H groups in total. The van der Waals surface area contributed by atoms with Crippen LogP contribution in [0.1, 0.15) is 5.56 Å². The van der Waals surface area contributed by atoms with Crippen molar-refractivity contribution < 1.29 is 17.9 Å². The summed E-state index contributed by atoms with van der Waals surface area (Å²) in [4.78, 5) is 0.0501. The Morgan fingerprint density at radius 1 is 1.08 bits per heavy atom. The molecule has 2 aromatic rings. The summed E-state index contributed by atoms with van der Waals surface area (Å²) < 4.78 is 37.5. The molecule has 0 aliphatic rings. The highest BCUT2D eigenvalue weighted by Crippen LogP contribution is 2.26. The Morgan fingerprint density at radius 2 is 1.79 bits per heavy atom. The van der Waals surface area contributed by atoms with E-state index in [4.69, 9.17) is 9.47 Å². The number of sulfonamides is 1. The fourth-order valence-electron chi connectivity index (χ4n) is 1.95. The molecule has 0 amide bonds. The number of hydrogen-bond acceptors (Lipinski definition) is 7. The first-order valence-electron chi connectivity index (χ1n) is 7.20. The fourth-order valence-corrected chi connectivity index (χ4v) is 3.20. The minimum absolute atomic E-state index is 0.0501. The van der Waals surface area contributed by atoms with Crippen LogP contribution in [0.5, 0.6) is 5.75 Å². The quantitative estimate of drug-likeness (QED) is 0.696. The molecule has 1 aromatic carbocycles. The van der Waals surface area contributed by atoms with Gasteiger partial charge in [-0.1, -0.05) is 6.07 Å². The zero-order valence-electron chi connectivity index (χ0n) is 13.7. The summed E-state index contributed by atoms with van der Waals surface area (Å²) in [6, 6.07) is 8.09. The minimum atomic E-state index is -3.83. The lowest BCUT2D eigenvalue weighted by Gasteiger charge is -2.12. The third-order valence-electron chi connectivity index (χ3n) is 3.12. The Morgan fingerprint density at radius 3 is 2.42 bits per heavy atom.